The summed E-state index contributed by atoms with van der Waals surface area (Å²) in [6.45, 7) is 2.40. The quantitative estimate of drug-likeness (QED) is 0.496. The molecule has 0 bridgehead atoms. The zero-order chi connectivity index (χ0) is 9.10. The fraction of sp³-hybridized carbons (Fsp3) is 0.900. The molecule has 1 saturated carbocycles. The fourth-order valence-corrected chi connectivity index (χ4v) is 2.54. The van der Waals surface area contributed by atoms with Gasteiger partial charge in [0.15, 0.2) is 0 Å². The number of oxime groups is 1. The van der Waals surface area contributed by atoms with Gasteiger partial charge in [-0.1, -0.05) is 11.6 Å². The highest BCUT2D eigenvalue weighted by molar-refractivity contribution is 5.89. The average molecular weight is 182 g/mol. The number of nitrogens with zero attached hydrogens (tertiary/aromatic N) is 2. The summed E-state index contributed by atoms with van der Waals surface area (Å²) in [6.07, 6.45) is 7.31. The molecule has 1 heterocycles. The van der Waals surface area contributed by atoms with Gasteiger partial charge in [-0.25, -0.2) is 0 Å². The summed E-state index contributed by atoms with van der Waals surface area (Å²) >= 11 is 0. The van der Waals surface area contributed by atoms with Crippen molar-refractivity contribution in [1.29, 1.82) is 0 Å². The van der Waals surface area contributed by atoms with Crippen LogP contribution in [0.2, 0.25) is 0 Å². The summed E-state index contributed by atoms with van der Waals surface area (Å²) in [5.41, 5.74) is 1.02. The van der Waals surface area contributed by atoms with Crippen LogP contribution >= 0.6 is 0 Å². The van der Waals surface area contributed by atoms with E-state index in [0.717, 1.165) is 12.1 Å². The molecule has 1 saturated heterocycles. The second-order valence-electron chi connectivity index (χ2n) is 4.10. The van der Waals surface area contributed by atoms with Crippen molar-refractivity contribution in [1.82, 2.24) is 4.90 Å². The van der Waals surface area contributed by atoms with Gasteiger partial charge in [-0.3, -0.25) is 4.90 Å². The molecule has 0 aromatic carbocycles. The molecule has 1 aliphatic heterocycles. The smallest absolute Gasteiger partial charge is 0.0742 e. The summed E-state index contributed by atoms with van der Waals surface area (Å²) in [7, 11) is 0. The molecule has 0 amide bonds. The second-order valence-corrected chi connectivity index (χ2v) is 4.10. The third-order valence-corrected chi connectivity index (χ3v) is 3.25. The van der Waals surface area contributed by atoms with E-state index in [1.165, 1.54) is 45.2 Å². The van der Waals surface area contributed by atoms with Crippen LogP contribution in [0.1, 0.15) is 38.5 Å². The molecule has 2 fully saturated rings. The molecule has 13 heavy (non-hydrogen) atoms. The monoisotopic (exact) mass is 182 g/mol. The van der Waals surface area contributed by atoms with Gasteiger partial charge in [0, 0.05) is 0 Å². The van der Waals surface area contributed by atoms with E-state index < -0.39 is 0 Å². The highest BCUT2D eigenvalue weighted by Gasteiger charge is 2.28. The first-order valence-electron chi connectivity index (χ1n) is 5.36. The first-order chi connectivity index (χ1) is 6.42. The highest BCUT2D eigenvalue weighted by Crippen LogP contribution is 2.23. The summed E-state index contributed by atoms with van der Waals surface area (Å²) in [4.78, 5) is 2.48. The van der Waals surface area contributed by atoms with Crippen molar-refractivity contribution in [3.05, 3.63) is 0 Å². The van der Waals surface area contributed by atoms with Crippen LogP contribution < -0.4 is 0 Å². The Kier molecular flexibility index (Phi) is 2.83. The molecule has 3 heteroatoms. The van der Waals surface area contributed by atoms with Crippen LogP contribution in [0, 0.1) is 0 Å². The van der Waals surface area contributed by atoms with Crippen molar-refractivity contribution in [3.63, 3.8) is 0 Å². The van der Waals surface area contributed by atoms with Crippen molar-refractivity contribution in [2.75, 3.05) is 13.1 Å². The van der Waals surface area contributed by atoms with Gasteiger partial charge in [0.1, 0.15) is 0 Å². The van der Waals surface area contributed by atoms with Crippen molar-refractivity contribution in [2.45, 2.75) is 44.6 Å². The maximum absolute atomic E-state index is 8.88. The minimum atomic E-state index is 0.459. The highest BCUT2D eigenvalue weighted by atomic mass is 16.4. The standard InChI is InChI=1S/C10H18N2O/c13-11-9-5-1-2-6-10(9)12-7-3-4-8-12/h10,13H,1-8H2/t10-/m1/s1. The van der Waals surface area contributed by atoms with E-state index in [0.29, 0.717) is 6.04 Å². The van der Waals surface area contributed by atoms with E-state index in [2.05, 4.69) is 10.1 Å². The molecule has 0 spiro atoms. The van der Waals surface area contributed by atoms with Gasteiger partial charge in [-0.05, 0) is 45.2 Å². The molecule has 2 aliphatic rings. The number of hydrogen-bond donors (Lipinski definition) is 1. The number of rotatable bonds is 1. The molecule has 3 nitrogen and oxygen atoms in total. The Hall–Kier alpha value is -0.570. The summed E-state index contributed by atoms with van der Waals surface area (Å²) in [5.74, 6) is 0. The lowest BCUT2D eigenvalue weighted by atomic mass is 9.92. The maximum atomic E-state index is 8.88. The predicted molar refractivity (Wildman–Crippen MR) is 52.3 cm³/mol. The third kappa shape index (κ3) is 1.85. The first kappa shape index (κ1) is 9.00. The van der Waals surface area contributed by atoms with E-state index >= 15 is 0 Å². The van der Waals surface area contributed by atoms with Crippen molar-refractivity contribution < 1.29 is 5.21 Å². The van der Waals surface area contributed by atoms with Gasteiger partial charge in [0.2, 0.25) is 0 Å². The molecule has 2 rings (SSSR count). The predicted octanol–water partition coefficient (Wildman–Crippen LogP) is 1.85. The summed E-state index contributed by atoms with van der Waals surface area (Å²) in [6, 6.07) is 0.459. The molecule has 0 unspecified atom stereocenters. The fourth-order valence-electron chi connectivity index (χ4n) is 2.54. The van der Waals surface area contributed by atoms with E-state index in [-0.39, 0.29) is 0 Å². The Balaban J connectivity index is 2.01. The molecule has 1 atom stereocenters. The van der Waals surface area contributed by atoms with Gasteiger partial charge < -0.3 is 5.21 Å². The maximum Gasteiger partial charge on any atom is 0.0742 e. The lowest BCUT2D eigenvalue weighted by Gasteiger charge is -2.31. The topological polar surface area (TPSA) is 35.8 Å². The molecule has 74 valence electrons. The Labute approximate surface area is 79.4 Å². The van der Waals surface area contributed by atoms with Crippen LogP contribution in [-0.2, 0) is 0 Å². The summed E-state index contributed by atoms with van der Waals surface area (Å²) in [5, 5.41) is 12.3. The van der Waals surface area contributed by atoms with Crippen LogP contribution in [0.25, 0.3) is 0 Å². The van der Waals surface area contributed by atoms with E-state index in [9.17, 15) is 0 Å². The molecule has 1 aliphatic carbocycles. The minimum absolute atomic E-state index is 0.459. The summed E-state index contributed by atoms with van der Waals surface area (Å²) < 4.78 is 0. The number of hydrogen-bond acceptors (Lipinski definition) is 3. The van der Waals surface area contributed by atoms with Crippen LogP contribution in [0.5, 0.6) is 0 Å². The van der Waals surface area contributed by atoms with Crippen LogP contribution in [0.15, 0.2) is 5.16 Å². The van der Waals surface area contributed by atoms with Crippen molar-refractivity contribution in [3.8, 4) is 0 Å². The Morgan fingerprint density at radius 3 is 2.62 bits per heavy atom. The SMILES string of the molecule is ON=C1CCCC[C@H]1N1CCCC1. The Morgan fingerprint density at radius 2 is 1.92 bits per heavy atom. The zero-order valence-electron chi connectivity index (χ0n) is 8.08. The molecule has 0 radical (unpaired) electrons. The molecule has 1 N–H and O–H groups in total. The zero-order valence-corrected chi connectivity index (χ0v) is 8.08. The van der Waals surface area contributed by atoms with Crippen LogP contribution in [0.4, 0.5) is 0 Å². The molecule has 0 aromatic heterocycles. The average Bonchev–Trinajstić information content (AvgIpc) is 2.70. The van der Waals surface area contributed by atoms with Gasteiger partial charge in [-0.15, -0.1) is 0 Å². The molecular weight excluding hydrogens is 164 g/mol. The van der Waals surface area contributed by atoms with Crippen molar-refractivity contribution >= 4 is 5.71 Å². The second kappa shape index (κ2) is 4.09. The van der Waals surface area contributed by atoms with Crippen molar-refractivity contribution in [2.24, 2.45) is 5.16 Å². The van der Waals surface area contributed by atoms with Crippen LogP contribution in [-0.4, -0.2) is 35.0 Å². The molecular formula is C10H18N2O. The Morgan fingerprint density at radius 1 is 1.15 bits per heavy atom. The molecule has 0 aromatic rings. The first-order valence-corrected chi connectivity index (χ1v) is 5.36. The van der Waals surface area contributed by atoms with Gasteiger partial charge in [0.25, 0.3) is 0 Å². The normalized spacial score (nSPS) is 34.2. The largest absolute Gasteiger partial charge is 0.411 e. The minimum Gasteiger partial charge on any atom is -0.411 e. The van der Waals surface area contributed by atoms with Gasteiger partial charge >= 0.3 is 0 Å². The van der Waals surface area contributed by atoms with E-state index in [1.54, 1.807) is 0 Å². The van der Waals surface area contributed by atoms with Gasteiger partial charge in [-0.2, -0.15) is 0 Å². The van der Waals surface area contributed by atoms with Gasteiger partial charge in [0.05, 0.1) is 11.8 Å². The number of likely N-dealkylation sites (tertiary alicyclic amines) is 1. The van der Waals surface area contributed by atoms with E-state index in [4.69, 9.17) is 5.21 Å². The Bertz CT molecular complexity index is 197. The third-order valence-electron chi connectivity index (χ3n) is 3.25. The van der Waals surface area contributed by atoms with E-state index in [1.807, 2.05) is 0 Å². The lowest BCUT2D eigenvalue weighted by molar-refractivity contribution is 0.253. The lowest BCUT2D eigenvalue weighted by Crippen LogP contribution is -2.41. The van der Waals surface area contributed by atoms with Crippen LogP contribution in [0.3, 0.4) is 0 Å².